The first kappa shape index (κ1) is 14.1. The van der Waals surface area contributed by atoms with Crippen LogP contribution in [0.4, 0.5) is 0 Å². The molecular formula is C12H19BO4. The molecule has 0 aliphatic heterocycles. The number of carbonyl (C=O) groups excluding carboxylic acids is 2. The first-order valence-electron chi connectivity index (χ1n) is 6.17. The minimum absolute atomic E-state index is 0.0231. The monoisotopic (exact) mass is 238 g/mol. The lowest BCUT2D eigenvalue weighted by Gasteiger charge is -2.19. The van der Waals surface area contributed by atoms with Gasteiger partial charge in [-0.2, -0.15) is 0 Å². The van der Waals surface area contributed by atoms with Gasteiger partial charge >= 0.3 is 11.9 Å². The van der Waals surface area contributed by atoms with Gasteiger partial charge < -0.3 is 9.47 Å². The molecule has 5 heteroatoms. The van der Waals surface area contributed by atoms with Crippen molar-refractivity contribution in [3.8, 4) is 0 Å². The van der Waals surface area contributed by atoms with Crippen LogP contribution in [0.3, 0.4) is 0 Å². The maximum atomic E-state index is 11.2. The molecule has 0 N–H and O–H groups in total. The zero-order chi connectivity index (χ0) is 12.8. The fourth-order valence-electron chi connectivity index (χ4n) is 2.00. The van der Waals surface area contributed by atoms with Gasteiger partial charge in [0.1, 0.15) is 6.10 Å². The quantitative estimate of drug-likeness (QED) is 0.539. The molecule has 0 aromatic rings. The molecule has 0 bridgehead atoms. The Morgan fingerprint density at radius 2 is 1.82 bits per heavy atom. The van der Waals surface area contributed by atoms with E-state index in [2.05, 4.69) is 0 Å². The minimum atomic E-state index is -0.231. The standard InChI is InChI=1S/C12H19BO4/c1-3-11(14)16-7-8-5-9(13)6-10(8)17-12(15)4-2/h8-10H,3-7H2,1-2H3/t8-,9-,10-/m0/s1. The second-order valence-corrected chi connectivity index (χ2v) is 4.41. The minimum Gasteiger partial charge on any atom is -0.465 e. The molecule has 1 saturated carbocycles. The van der Waals surface area contributed by atoms with E-state index in [0.29, 0.717) is 25.9 Å². The highest BCUT2D eigenvalue weighted by Crippen LogP contribution is 2.35. The molecule has 0 heterocycles. The summed E-state index contributed by atoms with van der Waals surface area (Å²) in [6.45, 7) is 3.79. The molecule has 17 heavy (non-hydrogen) atoms. The van der Waals surface area contributed by atoms with Crippen molar-refractivity contribution in [3.05, 3.63) is 0 Å². The van der Waals surface area contributed by atoms with Gasteiger partial charge in [0.15, 0.2) is 0 Å². The van der Waals surface area contributed by atoms with Gasteiger partial charge in [0.25, 0.3) is 0 Å². The average molecular weight is 238 g/mol. The summed E-state index contributed by atoms with van der Waals surface area (Å²) in [5.41, 5.74) is 0. The third-order valence-electron chi connectivity index (χ3n) is 2.98. The van der Waals surface area contributed by atoms with Gasteiger partial charge in [-0.25, -0.2) is 0 Å². The fraction of sp³-hybridized carbons (Fsp3) is 0.833. The lowest BCUT2D eigenvalue weighted by molar-refractivity contribution is -0.153. The van der Waals surface area contributed by atoms with E-state index in [4.69, 9.17) is 17.3 Å². The van der Waals surface area contributed by atoms with Crippen LogP contribution < -0.4 is 0 Å². The van der Waals surface area contributed by atoms with E-state index in [1.165, 1.54) is 0 Å². The molecule has 0 saturated heterocycles. The van der Waals surface area contributed by atoms with Gasteiger partial charge in [-0.1, -0.05) is 19.7 Å². The summed E-state index contributed by atoms with van der Waals surface area (Å²) in [5.74, 6) is -0.395. The van der Waals surface area contributed by atoms with Crippen LogP contribution >= 0.6 is 0 Å². The van der Waals surface area contributed by atoms with Crippen molar-refractivity contribution in [1.82, 2.24) is 0 Å². The van der Waals surface area contributed by atoms with Gasteiger partial charge in [0.05, 0.1) is 14.5 Å². The van der Waals surface area contributed by atoms with Gasteiger partial charge in [-0.05, 0) is 12.8 Å². The molecular weight excluding hydrogens is 219 g/mol. The summed E-state index contributed by atoms with van der Waals surface area (Å²) in [6.07, 6.45) is 1.89. The second-order valence-electron chi connectivity index (χ2n) is 4.41. The van der Waals surface area contributed by atoms with Crippen LogP contribution in [0.15, 0.2) is 0 Å². The Hall–Kier alpha value is -0.995. The van der Waals surface area contributed by atoms with Crippen molar-refractivity contribution in [2.24, 2.45) is 5.92 Å². The number of ether oxygens (including phenoxy) is 2. The Kier molecular flexibility index (Phi) is 5.52. The molecule has 0 amide bonds. The molecule has 1 aliphatic carbocycles. The van der Waals surface area contributed by atoms with Crippen molar-refractivity contribution in [2.75, 3.05) is 6.61 Å². The topological polar surface area (TPSA) is 52.6 Å². The van der Waals surface area contributed by atoms with Crippen LogP contribution in [0.1, 0.15) is 39.5 Å². The Morgan fingerprint density at radius 1 is 1.18 bits per heavy atom. The summed E-state index contributed by atoms with van der Waals surface area (Å²) in [6, 6.07) is 0. The number of hydrogen-bond acceptors (Lipinski definition) is 4. The Labute approximate surface area is 103 Å². The SMILES string of the molecule is [B][C@H]1C[C@@H](COC(=O)CC)[C@@H](OC(=O)CC)C1. The van der Waals surface area contributed by atoms with Crippen molar-refractivity contribution >= 4 is 19.8 Å². The number of esters is 2. The summed E-state index contributed by atoms with van der Waals surface area (Å²) in [4.78, 5) is 22.3. The van der Waals surface area contributed by atoms with E-state index in [0.717, 1.165) is 6.42 Å². The van der Waals surface area contributed by atoms with E-state index < -0.39 is 0 Å². The fourth-order valence-corrected chi connectivity index (χ4v) is 2.00. The number of hydrogen-bond donors (Lipinski definition) is 0. The first-order valence-corrected chi connectivity index (χ1v) is 6.17. The molecule has 0 spiro atoms. The molecule has 0 aromatic heterocycles. The zero-order valence-electron chi connectivity index (χ0n) is 10.5. The molecule has 4 nitrogen and oxygen atoms in total. The Balaban J connectivity index is 2.44. The molecule has 1 aliphatic rings. The maximum Gasteiger partial charge on any atom is 0.305 e. The third kappa shape index (κ3) is 4.40. The maximum absolute atomic E-state index is 11.2. The van der Waals surface area contributed by atoms with Crippen molar-refractivity contribution < 1.29 is 19.1 Å². The number of carbonyl (C=O) groups is 2. The highest BCUT2D eigenvalue weighted by atomic mass is 16.6. The van der Waals surface area contributed by atoms with Crippen molar-refractivity contribution in [3.63, 3.8) is 0 Å². The smallest absolute Gasteiger partial charge is 0.305 e. The molecule has 94 valence electrons. The van der Waals surface area contributed by atoms with Crippen LogP contribution in [-0.4, -0.2) is 32.5 Å². The van der Waals surface area contributed by atoms with Gasteiger partial charge in [-0.15, -0.1) is 0 Å². The first-order chi connectivity index (χ1) is 8.06. The predicted octanol–water partition coefficient (Wildman–Crippen LogP) is 1.63. The normalized spacial score (nSPS) is 27.8. The highest BCUT2D eigenvalue weighted by molar-refractivity contribution is 6.11. The van der Waals surface area contributed by atoms with Crippen molar-refractivity contribution in [1.29, 1.82) is 0 Å². The van der Waals surface area contributed by atoms with Crippen LogP contribution in [0, 0.1) is 5.92 Å². The van der Waals surface area contributed by atoms with Gasteiger partial charge in [0, 0.05) is 18.8 Å². The lowest BCUT2D eigenvalue weighted by atomic mass is 9.85. The predicted molar refractivity (Wildman–Crippen MR) is 63.6 cm³/mol. The molecule has 2 radical (unpaired) electrons. The summed E-state index contributed by atoms with van der Waals surface area (Å²) < 4.78 is 10.4. The lowest BCUT2D eigenvalue weighted by Crippen LogP contribution is -2.26. The second kappa shape index (κ2) is 6.67. The summed E-state index contributed by atoms with van der Waals surface area (Å²) in [7, 11) is 5.84. The van der Waals surface area contributed by atoms with E-state index >= 15 is 0 Å². The van der Waals surface area contributed by atoms with Crippen LogP contribution in [0.25, 0.3) is 0 Å². The van der Waals surface area contributed by atoms with Gasteiger partial charge in [-0.3, -0.25) is 9.59 Å². The van der Waals surface area contributed by atoms with E-state index in [1.807, 2.05) is 0 Å². The van der Waals surface area contributed by atoms with Crippen LogP contribution in [0.2, 0.25) is 5.82 Å². The van der Waals surface area contributed by atoms with E-state index in [1.54, 1.807) is 13.8 Å². The number of rotatable bonds is 5. The van der Waals surface area contributed by atoms with Crippen LogP contribution in [0.5, 0.6) is 0 Å². The Bertz CT molecular complexity index is 280. The largest absolute Gasteiger partial charge is 0.465 e. The molecule has 0 aromatic carbocycles. The van der Waals surface area contributed by atoms with E-state index in [-0.39, 0.29) is 29.8 Å². The van der Waals surface area contributed by atoms with Gasteiger partial charge in [0.2, 0.25) is 0 Å². The summed E-state index contributed by atoms with van der Waals surface area (Å²) in [5, 5.41) is 0. The molecule has 1 rings (SSSR count). The van der Waals surface area contributed by atoms with Crippen LogP contribution in [-0.2, 0) is 19.1 Å². The molecule has 0 unspecified atom stereocenters. The molecule has 1 fully saturated rings. The third-order valence-corrected chi connectivity index (χ3v) is 2.98. The highest BCUT2D eigenvalue weighted by Gasteiger charge is 2.35. The summed E-state index contributed by atoms with van der Waals surface area (Å²) >= 11 is 0. The Morgan fingerprint density at radius 3 is 2.41 bits per heavy atom. The zero-order valence-corrected chi connectivity index (χ0v) is 10.5. The average Bonchev–Trinajstić information content (AvgIpc) is 2.66. The molecule has 3 atom stereocenters. The van der Waals surface area contributed by atoms with Crippen molar-refractivity contribution in [2.45, 2.75) is 51.5 Å². The van der Waals surface area contributed by atoms with E-state index in [9.17, 15) is 9.59 Å².